The number of carbonyl (C=O) groups is 2. The zero-order valence-electron chi connectivity index (χ0n) is 21.5. The zero-order chi connectivity index (χ0) is 27.8. The maximum atomic E-state index is 13.7. The second-order valence-electron chi connectivity index (χ2n) is 9.48. The number of ether oxygens (including phenoxy) is 2. The predicted octanol–water partition coefficient (Wildman–Crippen LogP) is 5.41. The van der Waals surface area contributed by atoms with Gasteiger partial charge in [0.1, 0.15) is 22.8 Å². The van der Waals surface area contributed by atoms with Gasteiger partial charge >= 0.3 is 0 Å². The molecule has 1 aliphatic rings. The first-order valence-electron chi connectivity index (χ1n) is 12.6. The van der Waals surface area contributed by atoms with Crippen LogP contribution in [-0.4, -0.2) is 52.6 Å². The van der Waals surface area contributed by atoms with Crippen LogP contribution in [0.1, 0.15) is 32.3 Å². The Morgan fingerprint density at radius 1 is 1.07 bits per heavy atom. The van der Waals surface area contributed by atoms with Crippen molar-refractivity contribution in [2.75, 3.05) is 36.5 Å². The van der Waals surface area contributed by atoms with Crippen molar-refractivity contribution >= 4 is 51.2 Å². The van der Waals surface area contributed by atoms with Crippen LogP contribution in [-0.2, 0) is 4.74 Å². The van der Waals surface area contributed by atoms with Crippen LogP contribution < -0.4 is 15.0 Å². The van der Waals surface area contributed by atoms with E-state index in [1.165, 1.54) is 7.11 Å². The Hall–Kier alpha value is -4.60. The first kappa shape index (κ1) is 25.7. The third kappa shape index (κ3) is 4.59. The third-order valence-corrected chi connectivity index (χ3v) is 7.34. The van der Waals surface area contributed by atoms with Gasteiger partial charge in [0.15, 0.2) is 6.79 Å². The number of imidazole rings is 1. The van der Waals surface area contributed by atoms with E-state index in [0.29, 0.717) is 40.8 Å². The lowest BCUT2D eigenvalue weighted by Gasteiger charge is -2.17. The van der Waals surface area contributed by atoms with Gasteiger partial charge in [0.25, 0.3) is 11.8 Å². The van der Waals surface area contributed by atoms with E-state index in [1.807, 2.05) is 24.3 Å². The van der Waals surface area contributed by atoms with Crippen LogP contribution in [0, 0.1) is 0 Å². The highest BCUT2D eigenvalue weighted by atomic mass is 35.5. The summed E-state index contributed by atoms with van der Waals surface area (Å²) >= 11 is 6.32. The van der Waals surface area contributed by atoms with Gasteiger partial charge in [0, 0.05) is 54.9 Å². The van der Waals surface area contributed by atoms with E-state index >= 15 is 0 Å². The highest BCUT2D eigenvalue weighted by Crippen LogP contribution is 2.45. The molecule has 1 atom stereocenters. The van der Waals surface area contributed by atoms with E-state index in [-0.39, 0.29) is 36.0 Å². The van der Waals surface area contributed by atoms with Gasteiger partial charge in [0.05, 0.1) is 11.4 Å². The molecule has 0 spiro atoms. The number of anilines is 2. The molecule has 3 aromatic carbocycles. The summed E-state index contributed by atoms with van der Waals surface area (Å²) in [6, 6.07) is 19.4. The fraction of sp³-hybridized carbons (Fsp3) is 0.167. The maximum Gasteiger partial charge on any atom is 0.278 e. The Labute approximate surface area is 234 Å². The molecular formula is C30H25ClN4O5. The predicted molar refractivity (Wildman–Crippen MR) is 153 cm³/mol. The molecule has 6 rings (SSSR count). The monoisotopic (exact) mass is 556 g/mol. The third-order valence-electron chi connectivity index (χ3n) is 6.96. The summed E-state index contributed by atoms with van der Waals surface area (Å²) in [7, 11) is 1.54. The highest BCUT2D eigenvalue weighted by Gasteiger charge is 2.35. The number of rotatable bonds is 7. The second-order valence-corrected chi connectivity index (χ2v) is 9.79. The summed E-state index contributed by atoms with van der Waals surface area (Å²) in [6.45, 7) is 0.507. The van der Waals surface area contributed by atoms with E-state index in [1.54, 1.807) is 64.2 Å². The topological polar surface area (TPSA) is 105 Å². The number of nitrogens with one attached hydrogen (secondary N) is 1. The molecule has 3 heterocycles. The molecule has 2 amide bonds. The standard InChI is InChI=1S/C30H25ClN4O5/c1-39-17-40-21-9-6-18(7-10-21)29(37)32-20-8-11-27-33-24(16-34(27)15-20)30(38)35-14-19(13-31)28-23-5-3-2-4-22(23)26(36)12-25(28)35/h2-12,15-16,19,36H,13-14,17H2,1H3,(H,32,37)/t19-/m1/s1. The molecule has 1 aliphatic heterocycles. The van der Waals surface area contributed by atoms with Gasteiger partial charge in [-0.15, -0.1) is 11.6 Å². The first-order valence-corrected chi connectivity index (χ1v) is 13.1. The molecule has 5 aromatic rings. The highest BCUT2D eigenvalue weighted by molar-refractivity contribution is 6.19. The number of benzene rings is 3. The van der Waals surface area contributed by atoms with Crippen molar-refractivity contribution in [2.45, 2.75) is 5.92 Å². The minimum atomic E-state index is -0.298. The van der Waals surface area contributed by atoms with Gasteiger partial charge in [-0.3, -0.25) is 9.59 Å². The minimum Gasteiger partial charge on any atom is -0.507 e. The van der Waals surface area contributed by atoms with Gasteiger partial charge in [0.2, 0.25) is 0 Å². The van der Waals surface area contributed by atoms with Gasteiger partial charge in [-0.1, -0.05) is 24.3 Å². The average molecular weight is 557 g/mol. The van der Waals surface area contributed by atoms with E-state index in [2.05, 4.69) is 10.3 Å². The van der Waals surface area contributed by atoms with Gasteiger partial charge in [-0.25, -0.2) is 4.98 Å². The minimum absolute atomic E-state index is 0.0782. The molecule has 202 valence electrons. The van der Waals surface area contributed by atoms with E-state index in [9.17, 15) is 14.7 Å². The molecule has 9 nitrogen and oxygen atoms in total. The number of amides is 2. The van der Waals surface area contributed by atoms with Crippen LogP contribution in [0.4, 0.5) is 11.4 Å². The van der Waals surface area contributed by atoms with Crippen LogP contribution in [0.2, 0.25) is 0 Å². The number of carbonyl (C=O) groups excluding carboxylic acids is 2. The van der Waals surface area contributed by atoms with Crippen LogP contribution in [0.25, 0.3) is 16.4 Å². The summed E-state index contributed by atoms with van der Waals surface area (Å²) in [4.78, 5) is 32.6. The first-order chi connectivity index (χ1) is 19.5. The summed E-state index contributed by atoms with van der Waals surface area (Å²) in [5, 5.41) is 15.1. The number of hydrogen-bond donors (Lipinski definition) is 2. The smallest absolute Gasteiger partial charge is 0.278 e. The molecule has 0 saturated carbocycles. The van der Waals surface area contributed by atoms with Crippen LogP contribution in [0.15, 0.2) is 79.1 Å². The molecule has 0 aliphatic carbocycles. The molecule has 2 aromatic heterocycles. The summed E-state index contributed by atoms with van der Waals surface area (Å²) in [5.74, 6) is 0.371. The number of phenolic OH excluding ortho intramolecular Hbond substituents is 1. The number of aromatic hydroxyl groups is 1. The molecule has 40 heavy (non-hydrogen) atoms. The number of fused-ring (bicyclic) bond motifs is 4. The van der Waals surface area contributed by atoms with Crippen LogP contribution >= 0.6 is 11.6 Å². The number of alkyl halides is 1. The molecule has 0 unspecified atom stereocenters. The number of aromatic nitrogens is 2. The van der Waals surface area contributed by atoms with E-state index in [0.717, 1.165) is 16.3 Å². The fourth-order valence-electron chi connectivity index (χ4n) is 5.08. The van der Waals surface area contributed by atoms with Gasteiger partial charge in [-0.2, -0.15) is 0 Å². The van der Waals surface area contributed by atoms with E-state index < -0.39 is 0 Å². The summed E-state index contributed by atoms with van der Waals surface area (Å²) < 4.78 is 11.9. The number of hydrogen-bond acceptors (Lipinski definition) is 6. The SMILES string of the molecule is COCOc1ccc(C(=O)Nc2ccc3nc(C(=O)N4C[C@@H](CCl)c5c4cc(O)c4ccccc54)cn3c2)cc1. The molecule has 10 heteroatoms. The number of halogens is 1. The van der Waals surface area contributed by atoms with Crippen LogP contribution in [0.5, 0.6) is 11.5 Å². The lowest BCUT2D eigenvalue weighted by molar-refractivity contribution is 0.0511. The van der Waals surface area contributed by atoms with Crippen molar-refractivity contribution < 1.29 is 24.2 Å². The number of pyridine rings is 1. The zero-order valence-corrected chi connectivity index (χ0v) is 22.3. The summed E-state index contributed by atoms with van der Waals surface area (Å²) in [5.41, 5.74) is 3.38. The van der Waals surface area contributed by atoms with Crippen molar-refractivity contribution in [2.24, 2.45) is 0 Å². The molecular weight excluding hydrogens is 532 g/mol. The molecule has 0 saturated heterocycles. The largest absolute Gasteiger partial charge is 0.507 e. The quantitative estimate of drug-likeness (QED) is 0.205. The Morgan fingerprint density at radius 2 is 1.85 bits per heavy atom. The lowest BCUT2D eigenvalue weighted by atomic mass is 9.95. The lowest BCUT2D eigenvalue weighted by Crippen LogP contribution is -2.30. The van der Waals surface area contributed by atoms with Crippen molar-refractivity contribution in [3.8, 4) is 11.5 Å². The Balaban J connectivity index is 1.24. The number of nitrogens with zero attached hydrogens (tertiary/aromatic N) is 3. The summed E-state index contributed by atoms with van der Waals surface area (Å²) in [6.07, 6.45) is 3.33. The molecule has 0 radical (unpaired) electrons. The van der Waals surface area contributed by atoms with Gasteiger partial charge < -0.3 is 29.2 Å². The van der Waals surface area contributed by atoms with Crippen molar-refractivity contribution in [1.29, 1.82) is 0 Å². The van der Waals surface area contributed by atoms with Crippen molar-refractivity contribution in [3.05, 3.63) is 95.9 Å². The van der Waals surface area contributed by atoms with Crippen LogP contribution in [0.3, 0.4) is 0 Å². The molecule has 0 bridgehead atoms. The Morgan fingerprint density at radius 3 is 2.60 bits per heavy atom. The number of methoxy groups -OCH3 is 1. The van der Waals surface area contributed by atoms with Crippen molar-refractivity contribution in [1.82, 2.24) is 9.38 Å². The Bertz CT molecular complexity index is 1750. The van der Waals surface area contributed by atoms with Gasteiger partial charge in [-0.05, 0) is 47.3 Å². The normalized spacial score (nSPS) is 14.4. The average Bonchev–Trinajstić information content (AvgIpc) is 3.57. The Kier molecular flexibility index (Phi) is 6.75. The number of phenols is 1. The van der Waals surface area contributed by atoms with Crippen molar-refractivity contribution in [3.63, 3.8) is 0 Å². The second kappa shape index (κ2) is 10.5. The molecule has 2 N–H and O–H groups in total. The van der Waals surface area contributed by atoms with E-state index in [4.69, 9.17) is 21.1 Å². The molecule has 0 fully saturated rings. The maximum absolute atomic E-state index is 13.7. The fourth-order valence-corrected chi connectivity index (χ4v) is 5.34.